The van der Waals surface area contributed by atoms with Crippen molar-refractivity contribution in [2.24, 2.45) is 0 Å². The number of nitrogens with zero attached hydrogens (tertiary/aromatic N) is 3. The second kappa shape index (κ2) is 5.97. The van der Waals surface area contributed by atoms with E-state index in [9.17, 15) is 4.79 Å². The van der Waals surface area contributed by atoms with Gasteiger partial charge in [-0.2, -0.15) is 9.78 Å². The smallest absolute Gasteiger partial charge is 0.295 e. The van der Waals surface area contributed by atoms with Crippen LogP contribution in [-0.2, 0) is 14.3 Å². The summed E-state index contributed by atoms with van der Waals surface area (Å²) in [5.74, 6) is 0.305. The molecular weight excluding hydrogens is 328 g/mol. The number of anilines is 1. The van der Waals surface area contributed by atoms with Crippen LogP contribution in [0, 0.1) is 6.92 Å². The molecule has 0 spiro atoms. The molecule has 0 saturated heterocycles. The first-order valence-electron chi connectivity index (χ1n) is 7.39. The molecule has 1 N–H and O–H groups in total. The van der Waals surface area contributed by atoms with Gasteiger partial charge in [-0.05, 0) is 19.1 Å². The summed E-state index contributed by atoms with van der Waals surface area (Å²) in [5, 5.41) is 7.92. The van der Waals surface area contributed by atoms with Crippen molar-refractivity contribution in [3.05, 3.63) is 48.0 Å². The third kappa shape index (κ3) is 2.71. The second-order valence-electron chi connectivity index (χ2n) is 5.20. The number of rotatable bonds is 3. The van der Waals surface area contributed by atoms with Gasteiger partial charge in [0.2, 0.25) is 10.9 Å². The van der Waals surface area contributed by atoms with E-state index in [0.717, 1.165) is 15.9 Å². The van der Waals surface area contributed by atoms with E-state index in [0.29, 0.717) is 24.2 Å². The van der Waals surface area contributed by atoms with Gasteiger partial charge < -0.3 is 14.8 Å². The molecule has 3 aromatic rings. The van der Waals surface area contributed by atoms with Gasteiger partial charge in [0.1, 0.15) is 25.3 Å². The van der Waals surface area contributed by atoms with Crippen LogP contribution < -0.4 is 5.32 Å². The van der Waals surface area contributed by atoms with Crippen LogP contribution in [0.15, 0.2) is 42.4 Å². The summed E-state index contributed by atoms with van der Waals surface area (Å²) >= 11 is 1.51. The van der Waals surface area contributed by atoms with Crippen LogP contribution in [0.1, 0.15) is 5.69 Å². The lowest BCUT2D eigenvalue weighted by atomic mass is 10.3. The predicted octanol–water partition coefficient (Wildman–Crippen LogP) is 2.62. The highest BCUT2D eigenvalue weighted by Crippen LogP contribution is 2.27. The fourth-order valence-corrected chi connectivity index (χ4v) is 3.28. The average Bonchev–Trinajstić information content (AvgIpc) is 3.18. The molecule has 2 aromatic heterocycles. The number of hydrogen-bond acceptors (Lipinski definition) is 6. The fraction of sp³-hybridized carbons (Fsp3) is 0.188. The zero-order chi connectivity index (χ0) is 16.5. The Morgan fingerprint density at radius 1 is 1.33 bits per heavy atom. The monoisotopic (exact) mass is 342 g/mol. The minimum absolute atomic E-state index is 0.149. The Hall–Kier alpha value is -2.87. The summed E-state index contributed by atoms with van der Waals surface area (Å²) < 4.78 is 13.1. The summed E-state index contributed by atoms with van der Waals surface area (Å²) in [5.41, 5.74) is 1.68. The third-order valence-corrected chi connectivity index (χ3v) is 4.42. The average molecular weight is 342 g/mol. The highest BCUT2D eigenvalue weighted by atomic mass is 32.1. The molecule has 8 heteroatoms. The van der Waals surface area contributed by atoms with E-state index < -0.39 is 0 Å². The standard InChI is InChI=1S/C16H14N4O3S/c1-10-8-14(18-15(21)12-9-22-6-7-23-12)20(19-10)16-17-11-4-2-3-5-13(11)24-16/h2-5,8-9H,6-7H2,1H3,(H,18,21). The number of nitrogens with one attached hydrogen (secondary N) is 1. The molecule has 24 heavy (non-hydrogen) atoms. The topological polar surface area (TPSA) is 78.3 Å². The first-order valence-corrected chi connectivity index (χ1v) is 8.21. The number of thiazole rings is 1. The van der Waals surface area contributed by atoms with Crippen LogP contribution in [0.5, 0.6) is 0 Å². The van der Waals surface area contributed by atoms with Crippen LogP contribution in [0.2, 0.25) is 0 Å². The van der Waals surface area contributed by atoms with Crippen LogP contribution >= 0.6 is 11.3 Å². The molecule has 122 valence electrons. The number of aryl methyl sites for hydroxylation is 1. The van der Waals surface area contributed by atoms with Gasteiger partial charge in [0.15, 0.2) is 0 Å². The SMILES string of the molecule is Cc1cc(NC(=O)C2=COCCO2)n(-c2nc3ccccc3s2)n1. The van der Waals surface area contributed by atoms with Crippen molar-refractivity contribution in [2.75, 3.05) is 18.5 Å². The van der Waals surface area contributed by atoms with E-state index in [4.69, 9.17) is 9.47 Å². The summed E-state index contributed by atoms with van der Waals surface area (Å²) in [7, 11) is 0. The molecule has 3 heterocycles. The quantitative estimate of drug-likeness (QED) is 0.792. The van der Waals surface area contributed by atoms with Crippen LogP contribution in [0.25, 0.3) is 15.3 Å². The number of ether oxygens (including phenoxy) is 2. The predicted molar refractivity (Wildman–Crippen MR) is 90.1 cm³/mol. The maximum Gasteiger partial charge on any atom is 0.295 e. The minimum atomic E-state index is -0.378. The number of aromatic nitrogens is 3. The molecule has 1 aliphatic rings. The summed E-state index contributed by atoms with van der Waals surface area (Å²) in [6, 6.07) is 9.64. The Balaban J connectivity index is 1.67. The van der Waals surface area contributed by atoms with E-state index in [1.54, 1.807) is 10.7 Å². The molecule has 0 bridgehead atoms. The molecule has 4 rings (SSSR count). The van der Waals surface area contributed by atoms with Crippen molar-refractivity contribution >= 4 is 33.3 Å². The largest absolute Gasteiger partial charge is 0.494 e. The molecule has 1 amide bonds. The zero-order valence-electron chi connectivity index (χ0n) is 12.9. The number of amides is 1. The Kier molecular flexibility index (Phi) is 3.66. The van der Waals surface area contributed by atoms with Gasteiger partial charge in [-0.15, -0.1) is 0 Å². The molecule has 1 aliphatic heterocycles. The molecule has 0 aliphatic carbocycles. The maximum absolute atomic E-state index is 12.3. The first-order chi connectivity index (χ1) is 11.7. The molecule has 0 radical (unpaired) electrons. The summed E-state index contributed by atoms with van der Waals surface area (Å²) in [6.07, 6.45) is 1.32. The van der Waals surface area contributed by atoms with E-state index in [1.165, 1.54) is 17.6 Å². The maximum atomic E-state index is 12.3. The number of hydrogen-bond donors (Lipinski definition) is 1. The third-order valence-electron chi connectivity index (χ3n) is 3.41. The molecule has 7 nitrogen and oxygen atoms in total. The second-order valence-corrected chi connectivity index (χ2v) is 6.21. The molecule has 0 fully saturated rings. The van der Waals surface area contributed by atoms with Crippen LogP contribution in [0.3, 0.4) is 0 Å². The van der Waals surface area contributed by atoms with Gasteiger partial charge in [-0.1, -0.05) is 23.5 Å². The van der Waals surface area contributed by atoms with Crippen LogP contribution in [0.4, 0.5) is 5.82 Å². The number of fused-ring (bicyclic) bond motifs is 1. The van der Waals surface area contributed by atoms with Crippen molar-refractivity contribution in [2.45, 2.75) is 6.92 Å². The Labute approximate surface area is 141 Å². The lowest BCUT2D eigenvalue weighted by Crippen LogP contribution is -2.22. The van der Waals surface area contributed by atoms with Crippen molar-refractivity contribution in [3.63, 3.8) is 0 Å². The molecule has 1 aromatic carbocycles. The summed E-state index contributed by atoms with van der Waals surface area (Å²) in [4.78, 5) is 16.9. The minimum Gasteiger partial charge on any atom is -0.494 e. The number of carbonyl (C=O) groups excluding carboxylic acids is 1. The van der Waals surface area contributed by atoms with Crippen molar-refractivity contribution in [1.82, 2.24) is 14.8 Å². The van der Waals surface area contributed by atoms with Crippen molar-refractivity contribution in [1.29, 1.82) is 0 Å². The Bertz CT molecular complexity index is 911. The van der Waals surface area contributed by atoms with Gasteiger partial charge >= 0.3 is 0 Å². The van der Waals surface area contributed by atoms with Gasteiger partial charge in [0.25, 0.3) is 5.91 Å². The van der Waals surface area contributed by atoms with Gasteiger partial charge in [0.05, 0.1) is 15.9 Å². The van der Waals surface area contributed by atoms with E-state index in [1.807, 2.05) is 31.2 Å². The van der Waals surface area contributed by atoms with E-state index in [2.05, 4.69) is 15.4 Å². The Morgan fingerprint density at radius 3 is 3.00 bits per heavy atom. The van der Waals surface area contributed by atoms with Crippen molar-refractivity contribution in [3.8, 4) is 5.13 Å². The Morgan fingerprint density at radius 2 is 2.21 bits per heavy atom. The van der Waals surface area contributed by atoms with Crippen LogP contribution in [-0.4, -0.2) is 33.9 Å². The molecule has 0 saturated carbocycles. The lowest BCUT2D eigenvalue weighted by Gasteiger charge is -2.15. The lowest BCUT2D eigenvalue weighted by molar-refractivity contribution is -0.117. The molecule has 0 unspecified atom stereocenters. The van der Waals surface area contributed by atoms with E-state index >= 15 is 0 Å². The normalized spacial score (nSPS) is 14.0. The zero-order valence-corrected chi connectivity index (χ0v) is 13.7. The number of carbonyl (C=O) groups is 1. The highest BCUT2D eigenvalue weighted by molar-refractivity contribution is 7.20. The van der Waals surface area contributed by atoms with Crippen molar-refractivity contribution < 1.29 is 14.3 Å². The fourth-order valence-electron chi connectivity index (χ4n) is 2.35. The number of para-hydroxylation sites is 1. The van der Waals surface area contributed by atoms with E-state index in [-0.39, 0.29) is 11.7 Å². The molecule has 0 atom stereocenters. The highest BCUT2D eigenvalue weighted by Gasteiger charge is 2.19. The first kappa shape index (κ1) is 14.7. The van der Waals surface area contributed by atoms with Gasteiger partial charge in [-0.25, -0.2) is 4.98 Å². The summed E-state index contributed by atoms with van der Waals surface area (Å²) in [6.45, 7) is 2.66. The number of benzene rings is 1. The van der Waals surface area contributed by atoms with Gasteiger partial charge in [0, 0.05) is 6.07 Å². The molecular formula is C16H14N4O3S. The van der Waals surface area contributed by atoms with Gasteiger partial charge in [-0.3, -0.25) is 4.79 Å².